The maximum Gasteiger partial charge on any atom is 0.272 e. The average Bonchev–Trinajstić information content (AvgIpc) is 3.22. The van der Waals surface area contributed by atoms with E-state index in [1.807, 2.05) is 38.1 Å². The maximum absolute atomic E-state index is 12.8. The first-order valence-corrected chi connectivity index (χ1v) is 8.18. The molecule has 0 spiro atoms. The number of nitrogens with one attached hydrogen (secondary N) is 1. The highest BCUT2D eigenvalue weighted by Crippen LogP contribution is 2.31. The van der Waals surface area contributed by atoms with Crippen LogP contribution in [0.3, 0.4) is 0 Å². The molecule has 1 aliphatic rings. The predicted octanol–water partition coefficient (Wildman–Crippen LogP) is 2.99. The van der Waals surface area contributed by atoms with Crippen molar-refractivity contribution in [2.75, 3.05) is 12.4 Å². The minimum Gasteiger partial charge on any atom is -0.496 e. The van der Waals surface area contributed by atoms with Crippen molar-refractivity contribution in [3.05, 3.63) is 42.1 Å². The Bertz CT molecular complexity index is 812. The molecule has 0 fully saturated rings. The Labute approximate surface area is 146 Å². The van der Waals surface area contributed by atoms with Crippen molar-refractivity contribution in [3.63, 3.8) is 0 Å². The number of para-hydroxylation sites is 1. The zero-order chi connectivity index (χ0) is 18.0. The number of carbonyl (C=O) groups is 1. The molecule has 0 saturated carbocycles. The number of hydrogen-bond acceptors (Lipinski definition) is 5. The molecule has 7 heteroatoms. The van der Waals surface area contributed by atoms with Crippen LogP contribution in [0.4, 0.5) is 5.82 Å². The number of benzene rings is 1. The zero-order valence-corrected chi connectivity index (χ0v) is 14.8. The van der Waals surface area contributed by atoms with Crippen LogP contribution in [0, 0.1) is 0 Å². The standard InChI is InChI=1S/C18H22N4O3/c1-12(2)22-16(9-10-19-22)20-17(23)18(3)11-14(21-25-18)13-7-5-6-8-15(13)24-4/h5-10,12H,11H2,1-4H3,(H,20,23)/t18-/m0/s1. The topological polar surface area (TPSA) is 77.7 Å². The van der Waals surface area contributed by atoms with Crippen LogP contribution in [0.15, 0.2) is 41.7 Å². The summed E-state index contributed by atoms with van der Waals surface area (Å²) in [5.41, 5.74) is 0.434. The van der Waals surface area contributed by atoms with Gasteiger partial charge >= 0.3 is 0 Å². The third-order valence-electron chi connectivity index (χ3n) is 4.16. The summed E-state index contributed by atoms with van der Waals surface area (Å²) in [6, 6.07) is 9.45. The Morgan fingerprint density at radius 1 is 1.36 bits per heavy atom. The first-order valence-electron chi connectivity index (χ1n) is 8.18. The van der Waals surface area contributed by atoms with Crippen LogP contribution in [0.25, 0.3) is 0 Å². The number of aromatic nitrogens is 2. The van der Waals surface area contributed by atoms with E-state index in [2.05, 4.69) is 15.6 Å². The Kier molecular flexibility index (Phi) is 4.48. The molecule has 1 amide bonds. The fourth-order valence-electron chi connectivity index (χ4n) is 2.76. The first kappa shape index (κ1) is 17.0. The molecule has 1 aromatic heterocycles. The van der Waals surface area contributed by atoms with Crippen LogP contribution in [-0.2, 0) is 9.63 Å². The average molecular weight is 342 g/mol. The Hall–Kier alpha value is -2.83. The fourth-order valence-corrected chi connectivity index (χ4v) is 2.76. The quantitative estimate of drug-likeness (QED) is 0.906. The van der Waals surface area contributed by atoms with Crippen LogP contribution in [0.2, 0.25) is 0 Å². The highest BCUT2D eigenvalue weighted by Gasteiger charge is 2.43. The molecular formula is C18H22N4O3. The molecule has 2 aromatic rings. The summed E-state index contributed by atoms with van der Waals surface area (Å²) >= 11 is 0. The van der Waals surface area contributed by atoms with Crippen molar-refractivity contribution in [3.8, 4) is 5.75 Å². The number of ether oxygens (including phenoxy) is 1. The van der Waals surface area contributed by atoms with E-state index in [-0.39, 0.29) is 11.9 Å². The van der Waals surface area contributed by atoms with Gasteiger partial charge < -0.3 is 14.9 Å². The van der Waals surface area contributed by atoms with Crippen molar-refractivity contribution in [2.45, 2.75) is 38.8 Å². The second-order valence-electron chi connectivity index (χ2n) is 6.45. The fraction of sp³-hybridized carbons (Fsp3) is 0.389. The second-order valence-corrected chi connectivity index (χ2v) is 6.45. The summed E-state index contributed by atoms with van der Waals surface area (Å²) in [5.74, 6) is 1.08. The third-order valence-corrected chi connectivity index (χ3v) is 4.16. The van der Waals surface area contributed by atoms with Crippen molar-refractivity contribution < 1.29 is 14.4 Å². The van der Waals surface area contributed by atoms with Crippen LogP contribution >= 0.6 is 0 Å². The molecule has 3 rings (SSSR count). The summed E-state index contributed by atoms with van der Waals surface area (Å²) in [5, 5.41) is 11.2. The molecule has 0 saturated heterocycles. The summed E-state index contributed by atoms with van der Waals surface area (Å²) in [6.45, 7) is 5.73. The predicted molar refractivity (Wildman–Crippen MR) is 94.9 cm³/mol. The van der Waals surface area contributed by atoms with Crippen molar-refractivity contribution in [1.29, 1.82) is 0 Å². The van der Waals surface area contributed by atoms with Gasteiger partial charge in [0.2, 0.25) is 5.60 Å². The minimum atomic E-state index is -1.08. The van der Waals surface area contributed by atoms with E-state index in [0.29, 0.717) is 23.7 Å². The van der Waals surface area contributed by atoms with Gasteiger partial charge in [-0.1, -0.05) is 17.3 Å². The lowest BCUT2D eigenvalue weighted by Gasteiger charge is -2.21. The lowest BCUT2D eigenvalue weighted by Crippen LogP contribution is -2.40. The molecule has 0 unspecified atom stereocenters. The van der Waals surface area contributed by atoms with Gasteiger partial charge in [0, 0.05) is 24.1 Å². The number of nitrogens with zero attached hydrogens (tertiary/aromatic N) is 3. The number of carbonyl (C=O) groups excluding carboxylic acids is 1. The van der Waals surface area contributed by atoms with Gasteiger partial charge in [-0.15, -0.1) is 0 Å². The molecule has 132 valence electrons. The van der Waals surface area contributed by atoms with E-state index < -0.39 is 5.60 Å². The summed E-state index contributed by atoms with van der Waals surface area (Å²) in [7, 11) is 1.61. The molecule has 1 aliphatic heterocycles. The number of anilines is 1. The number of hydrogen-bond donors (Lipinski definition) is 1. The lowest BCUT2D eigenvalue weighted by atomic mass is 9.94. The van der Waals surface area contributed by atoms with Crippen molar-refractivity contribution in [1.82, 2.24) is 9.78 Å². The van der Waals surface area contributed by atoms with Gasteiger partial charge in [-0.05, 0) is 32.9 Å². The lowest BCUT2D eigenvalue weighted by molar-refractivity contribution is -0.136. The zero-order valence-electron chi connectivity index (χ0n) is 14.8. The van der Waals surface area contributed by atoms with Gasteiger partial charge in [0.1, 0.15) is 11.6 Å². The summed E-state index contributed by atoms with van der Waals surface area (Å²) in [4.78, 5) is 18.3. The maximum atomic E-state index is 12.8. The van der Waals surface area contributed by atoms with E-state index in [0.717, 1.165) is 5.56 Å². The first-order chi connectivity index (χ1) is 11.9. The second kappa shape index (κ2) is 6.58. The molecule has 0 bridgehead atoms. The van der Waals surface area contributed by atoms with E-state index in [4.69, 9.17) is 9.57 Å². The smallest absolute Gasteiger partial charge is 0.272 e. The number of rotatable bonds is 5. The van der Waals surface area contributed by atoms with Crippen LogP contribution < -0.4 is 10.1 Å². The summed E-state index contributed by atoms with van der Waals surface area (Å²) < 4.78 is 7.11. The molecule has 0 aliphatic carbocycles. The molecule has 1 aromatic carbocycles. The van der Waals surface area contributed by atoms with Gasteiger partial charge in [-0.25, -0.2) is 4.68 Å². The highest BCUT2D eigenvalue weighted by molar-refractivity contribution is 6.09. The SMILES string of the molecule is COc1ccccc1C1=NO[C@](C)(C(=O)Nc2ccnn2C(C)C)C1. The van der Waals surface area contributed by atoms with Gasteiger partial charge in [0.25, 0.3) is 5.91 Å². The highest BCUT2D eigenvalue weighted by atomic mass is 16.7. The molecule has 0 radical (unpaired) electrons. The van der Waals surface area contributed by atoms with Crippen LogP contribution in [-0.4, -0.2) is 34.1 Å². The van der Waals surface area contributed by atoms with Gasteiger partial charge in [0.15, 0.2) is 0 Å². The molecular weight excluding hydrogens is 320 g/mol. The van der Waals surface area contributed by atoms with Gasteiger partial charge in [-0.3, -0.25) is 4.79 Å². The number of methoxy groups -OCH3 is 1. The van der Waals surface area contributed by atoms with E-state index >= 15 is 0 Å². The molecule has 1 N–H and O–H groups in total. The van der Waals surface area contributed by atoms with E-state index in [1.165, 1.54) is 0 Å². The van der Waals surface area contributed by atoms with Crippen molar-refractivity contribution in [2.24, 2.45) is 5.16 Å². The molecule has 7 nitrogen and oxygen atoms in total. The Morgan fingerprint density at radius 2 is 2.12 bits per heavy atom. The van der Waals surface area contributed by atoms with Crippen molar-refractivity contribution >= 4 is 17.4 Å². The minimum absolute atomic E-state index is 0.142. The van der Waals surface area contributed by atoms with E-state index in [9.17, 15) is 4.79 Å². The third kappa shape index (κ3) is 3.22. The van der Waals surface area contributed by atoms with Crippen LogP contribution in [0.1, 0.15) is 38.8 Å². The number of oxime groups is 1. The summed E-state index contributed by atoms with van der Waals surface area (Å²) in [6.07, 6.45) is 2.01. The van der Waals surface area contributed by atoms with E-state index in [1.54, 1.807) is 31.0 Å². The normalized spacial score (nSPS) is 19.5. The van der Waals surface area contributed by atoms with Gasteiger partial charge in [0.05, 0.1) is 19.0 Å². The van der Waals surface area contributed by atoms with Gasteiger partial charge in [-0.2, -0.15) is 5.10 Å². The molecule has 1 atom stereocenters. The monoisotopic (exact) mass is 342 g/mol. The molecule has 25 heavy (non-hydrogen) atoms. The Morgan fingerprint density at radius 3 is 2.84 bits per heavy atom. The largest absolute Gasteiger partial charge is 0.496 e. The van der Waals surface area contributed by atoms with Crippen LogP contribution in [0.5, 0.6) is 5.75 Å². The number of amides is 1. The molecule has 2 heterocycles. The Balaban J connectivity index is 1.76.